The average Bonchev–Trinajstić information content (AvgIpc) is 3.52. The first-order chi connectivity index (χ1) is 30.8. The fraction of sp³-hybridized carbons (Fsp3) is 0.415. The Morgan fingerprint density at radius 2 is 1.38 bits per heavy atom. The van der Waals surface area contributed by atoms with E-state index in [1.54, 1.807) is 18.2 Å². The number of esters is 1. The van der Waals surface area contributed by atoms with Crippen LogP contribution in [0.4, 0.5) is 5.69 Å². The van der Waals surface area contributed by atoms with E-state index in [9.17, 15) is 64.8 Å². The van der Waals surface area contributed by atoms with Crippen molar-refractivity contribution in [3.05, 3.63) is 76.9 Å². The van der Waals surface area contributed by atoms with Gasteiger partial charge in [0.2, 0.25) is 17.7 Å². The van der Waals surface area contributed by atoms with Gasteiger partial charge in [-0.25, -0.2) is 9.59 Å². The number of carboxylic acid groups (broad SMARTS) is 1. The van der Waals surface area contributed by atoms with Gasteiger partial charge in [0.15, 0.2) is 23.2 Å². The third-order valence-corrected chi connectivity index (χ3v) is 11.4. The largest absolute Gasteiger partial charge is 0.508 e. The van der Waals surface area contributed by atoms with Crippen LogP contribution in [0.2, 0.25) is 0 Å². The number of thiocarbonyl (C=S) groups is 1. The molecule has 3 aromatic rings. The molecule has 11 atom stereocenters. The van der Waals surface area contributed by atoms with E-state index in [0.717, 1.165) is 13.8 Å². The van der Waals surface area contributed by atoms with E-state index in [1.807, 2.05) is 0 Å². The monoisotopic (exact) mass is 927 g/mol. The van der Waals surface area contributed by atoms with Gasteiger partial charge in [-0.15, -0.1) is 0 Å². The van der Waals surface area contributed by atoms with Crippen molar-refractivity contribution in [1.82, 2.24) is 21.3 Å². The number of ether oxygens (including phenoxy) is 5. The SMILES string of the molecule is CC(=O)NC1C(NC(=O)CC(NC(=S)Nc2ccc3c(c2)C(=O)OC32c3ccc(O)cc3Oc3cc(O)ccc32)C(=O)O)OC(CO)C(OC2OC(CO)C(O)C(O)C2NC(C)=O)C1O. The van der Waals surface area contributed by atoms with E-state index in [-0.39, 0.29) is 39.4 Å². The number of benzene rings is 3. The third-order valence-electron chi connectivity index (χ3n) is 11.1. The molecule has 11 unspecified atom stereocenters. The summed E-state index contributed by atoms with van der Waals surface area (Å²) in [4.78, 5) is 63.6. The number of aliphatic hydroxyl groups is 5. The number of phenolic OH excluding ortho intramolecular Hbond substituents is 2. The van der Waals surface area contributed by atoms with Crippen LogP contribution in [0.1, 0.15) is 47.3 Å². The number of hydrogen-bond acceptors (Lipinski definition) is 18. The Balaban J connectivity index is 1.04. The predicted octanol–water partition coefficient (Wildman–Crippen LogP) is -2.18. The molecule has 1 spiro atoms. The molecular formula is C41H45N5O18S. The summed E-state index contributed by atoms with van der Waals surface area (Å²) in [6.07, 6.45) is -13.8. The molecule has 13 N–H and O–H groups in total. The number of carbonyl (C=O) groups is 5. The quantitative estimate of drug-likeness (QED) is 0.0678. The van der Waals surface area contributed by atoms with Gasteiger partial charge in [-0.1, -0.05) is 6.07 Å². The lowest BCUT2D eigenvalue weighted by Crippen LogP contribution is -2.71. The molecule has 0 saturated carbocycles. The van der Waals surface area contributed by atoms with Gasteiger partial charge in [-0.3, -0.25) is 14.4 Å². The van der Waals surface area contributed by atoms with Crippen LogP contribution in [0.3, 0.4) is 0 Å². The Hall–Kier alpha value is -6.22. The fourth-order valence-corrected chi connectivity index (χ4v) is 8.50. The molecular weight excluding hydrogens is 883 g/mol. The van der Waals surface area contributed by atoms with Crippen LogP contribution < -0.4 is 31.3 Å². The second kappa shape index (κ2) is 18.7. The third kappa shape index (κ3) is 9.20. The molecule has 4 aliphatic rings. The second-order valence-electron chi connectivity index (χ2n) is 15.6. The van der Waals surface area contributed by atoms with Crippen LogP contribution in [0.15, 0.2) is 54.6 Å². The number of nitrogens with one attached hydrogen (secondary N) is 5. The van der Waals surface area contributed by atoms with Gasteiger partial charge in [0.25, 0.3) is 0 Å². The predicted molar refractivity (Wildman–Crippen MR) is 221 cm³/mol. The van der Waals surface area contributed by atoms with E-state index in [2.05, 4.69) is 26.6 Å². The van der Waals surface area contributed by atoms with Gasteiger partial charge >= 0.3 is 11.9 Å². The van der Waals surface area contributed by atoms with Crippen molar-refractivity contribution in [2.75, 3.05) is 18.5 Å². The molecule has 4 heterocycles. The summed E-state index contributed by atoms with van der Waals surface area (Å²) < 4.78 is 29.3. The molecule has 348 valence electrons. The molecule has 0 radical (unpaired) electrons. The molecule has 0 aromatic heterocycles. The number of anilines is 1. The minimum atomic E-state index is -1.82. The Kier molecular flexibility index (Phi) is 13.5. The van der Waals surface area contributed by atoms with E-state index in [1.165, 1.54) is 36.4 Å². The van der Waals surface area contributed by atoms with Gasteiger partial charge in [0, 0.05) is 48.4 Å². The minimum Gasteiger partial charge on any atom is -0.508 e. The highest BCUT2D eigenvalue weighted by Crippen LogP contribution is 2.57. The summed E-state index contributed by atoms with van der Waals surface area (Å²) in [6.45, 7) is 0.526. The lowest BCUT2D eigenvalue weighted by atomic mass is 9.77. The molecule has 0 aliphatic carbocycles. The summed E-state index contributed by atoms with van der Waals surface area (Å²) in [6, 6.07) is 8.42. The van der Waals surface area contributed by atoms with Crippen LogP contribution in [0.25, 0.3) is 0 Å². The van der Waals surface area contributed by atoms with Crippen molar-refractivity contribution in [2.45, 2.75) is 93.1 Å². The summed E-state index contributed by atoms with van der Waals surface area (Å²) in [5.74, 6) is -4.56. The Labute approximate surface area is 373 Å². The molecule has 4 aliphatic heterocycles. The number of fused-ring (bicyclic) bond motifs is 6. The summed E-state index contributed by atoms with van der Waals surface area (Å²) in [5.41, 5.74) is -0.0778. The molecule has 7 rings (SSSR count). The van der Waals surface area contributed by atoms with Gasteiger partial charge in [-0.2, -0.15) is 0 Å². The Morgan fingerprint density at radius 1 is 0.785 bits per heavy atom. The van der Waals surface area contributed by atoms with Crippen molar-refractivity contribution >= 4 is 52.7 Å². The van der Waals surface area contributed by atoms with Crippen molar-refractivity contribution < 1.29 is 88.5 Å². The van der Waals surface area contributed by atoms with Crippen molar-refractivity contribution in [3.8, 4) is 23.0 Å². The number of carbonyl (C=O) groups excluding carboxylic acids is 4. The lowest BCUT2D eigenvalue weighted by molar-refractivity contribution is -0.315. The zero-order valence-electron chi connectivity index (χ0n) is 34.2. The smallest absolute Gasteiger partial charge is 0.340 e. The second-order valence-corrected chi connectivity index (χ2v) is 16.0. The molecule has 3 aromatic carbocycles. The number of aromatic hydroxyl groups is 2. The maximum Gasteiger partial charge on any atom is 0.340 e. The zero-order valence-corrected chi connectivity index (χ0v) is 35.1. The average molecular weight is 928 g/mol. The number of amides is 3. The Bertz CT molecular complexity index is 2340. The molecule has 3 amide bonds. The van der Waals surface area contributed by atoms with Crippen LogP contribution in [0, 0.1) is 0 Å². The van der Waals surface area contributed by atoms with Crippen LogP contribution in [0.5, 0.6) is 23.0 Å². The first kappa shape index (κ1) is 46.8. The Morgan fingerprint density at radius 3 is 1.97 bits per heavy atom. The van der Waals surface area contributed by atoms with Gasteiger partial charge in [-0.05, 0) is 48.6 Å². The topological polar surface area (TPSA) is 353 Å². The first-order valence-corrected chi connectivity index (χ1v) is 20.3. The normalized spacial score (nSPS) is 27.6. The minimum absolute atomic E-state index is 0.0914. The van der Waals surface area contributed by atoms with Crippen molar-refractivity contribution in [2.24, 2.45) is 0 Å². The number of aliphatic hydroxyl groups excluding tert-OH is 5. The molecule has 2 fully saturated rings. The molecule has 24 heteroatoms. The maximum atomic E-state index is 13.6. The van der Waals surface area contributed by atoms with Gasteiger partial charge in [0.05, 0.1) is 25.2 Å². The maximum absolute atomic E-state index is 13.6. The number of phenols is 2. The lowest BCUT2D eigenvalue weighted by Gasteiger charge is -2.48. The number of hydrogen-bond donors (Lipinski definition) is 13. The highest BCUT2D eigenvalue weighted by molar-refractivity contribution is 7.80. The van der Waals surface area contributed by atoms with Crippen molar-refractivity contribution in [1.29, 1.82) is 0 Å². The summed E-state index contributed by atoms with van der Waals surface area (Å²) >= 11 is 5.38. The molecule has 0 bridgehead atoms. The standard InChI is InChI=1S/C41H45N5O18S/c1-15(49)42-30-34(56)35(63-39-31(43-16(2)50)33(55)32(54)27(13-47)62-39)28(14-48)61-36(30)46-29(53)12-24(37(57)58)45-40(65)44-17-3-6-21-20(9-17)38(59)64-41(21)22-7-4-18(51)10-25(22)60-26-11-19(52)5-8-23(26)41/h3-11,24,27-28,30-36,39,47-48,51-52,54-56H,12-14H2,1-2H3,(H,42,49)(H,43,50)(H,46,53)(H,57,58)(H2,44,45,65). The summed E-state index contributed by atoms with van der Waals surface area (Å²) in [5, 5.41) is 95.3. The number of carboxylic acids is 1. The van der Waals surface area contributed by atoms with E-state index in [0.29, 0.717) is 16.7 Å². The highest BCUT2D eigenvalue weighted by Gasteiger charge is 2.55. The van der Waals surface area contributed by atoms with Gasteiger partial charge in [0.1, 0.15) is 77.7 Å². The van der Waals surface area contributed by atoms with Crippen LogP contribution in [-0.4, -0.2) is 156 Å². The van der Waals surface area contributed by atoms with E-state index < -0.39 is 122 Å². The number of aliphatic carboxylic acids is 1. The van der Waals surface area contributed by atoms with Gasteiger partial charge < -0.3 is 91.1 Å². The molecule has 2 saturated heterocycles. The molecule has 23 nitrogen and oxygen atoms in total. The number of rotatable bonds is 12. The summed E-state index contributed by atoms with van der Waals surface area (Å²) in [7, 11) is 0. The fourth-order valence-electron chi connectivity index (χ4n) is 8.24. The van der Waals surface area contributed by atoms with E-state index >= 15 is 0 Å². The van der Waals surface area contributed by atoms with Crippen molar-refractivity contribution in [3.63, 3.8) is 0 Å². The molecule has 65 heavy (non-hydrogen) atoms. The van der Waals surface area contributed by atoms with Crippen LogP contribution in [-0.2, 0) is 43.7 Å². The zero-order chi connectivity index (χ0) is 47.1. The van der Waals surface area contributed by atoms with Crippen LogP contribution >= 0.6 is 12.2 Å². The highest BCUT2D eigenvalue weighted by atomic mass is 32.1. The first-order valence-electron chi connectivity index (χ1n) is 19.9. The van der Waals surface area contributed by atoms with E-state index in [4.69, 9.17) is 35.9 Å².